The molecule has 1 unspecified atom stereocenters. The average molecular weight is 345 g/mol. The lowest BCUT2D eigenvalue weighted by Gasteiger charge is -2.21. The number of esters is 1. The molecule has 1 aliphatic rings. The van der Waals surface area contributed by atoms with Gasteiger partial charge in [0.25, 0.3) is 5.56 Å². The molecule has 4 atom stereocenters. The van der Waals surface area contributed by atoms with Gasteiger partial charge in [-0.3, -0.25) is 9.78 Å². The molecule has 1 aromatic heterocycles. The van der Waals surface area contributed by atoms with Crippen LogP contribution in [0.25, 0.3) is 0 Å². The third kappa shape index (κ3) is 3.39. The Balaban J connectivity index is 1.91. The molecule has 25 heavy (non-hydrogen) atoms. The number of hydrogen-bond acceptors (Lipinski definition) is 6. The van der Waals surface area contributed by atoms with Crippen molar-refractivity contribution in [1.82, 2.24) is 14.8 Å². The van der Waals surface area contributed by atoms with Gasteiger partial charge in [0.1, 0.15) is 6.20 Å². The molecule has 2 aromatic rings. The minimum atomic E-state index is -0.892. The Kier molecular flexibility index (Phi) is 4.80. The van der Waals surface area contributed by atoms with Crippen LogP contribution >= 0.6 is 0 Å². The predicted octanol–water partition coefficient (Wildman–Crippen LogP) is 1.10. The van der Waals surface area contributed by atoms with Crippen molar-refractivity contribution in [1.29, 1.82) is 0 Å². The van der Waals surface area contributed by atoms with Crippen molar-refractivity contribution in [2.45, 2.75) is 38.7 Å². The summed E-state index contributed by atoms with van der Waals surface area (Å²) in [6.07, 6.45) is -0.107. The zero-order chi connectivity index (χ0) is 18.0. The first-order valence-electron chi connectivity index (χ1n) is 8.11. The van der Waals surface area contributed by atoms with Gasteiger partial charge in [-0.15, -0.1) is 0 Å². The Morgan fingerprint density at radius 1 is 1.32 bits per heavy atom. The Bertz CT molecular complexity index is 860. The molecule has 1 saturated heterocycles. The van der Waals surface area contributed by atoms with Gasteiger partial charge in [0.15, 0.2) is 12.3 Å². The fourth-order valence-electron chi connectivity index (χ4n) is 2.99. The first-order chi connectivity index (χ1) is 12.0. The lowest BCUT2D eigenvalue weighted by Crippen LogP contribution is -2.39. The predicted molar refractivity (Wildman–Crippen MR) is 88.1 cm³/mol. The summed E-state index contributed by atoms with van der Waals surface area (Å²) in [5.74, 6) is -0.636. The first-order valence-corrected chi connectivity index (χ1v) is 8.11. The van der Waals surface area contributed by atoms with Gasteiger partial charge in [-0.25, -0.2) is 9.59 Å². The van der Waals surface area contributed by atoms with Crippen LogP contribution in [0.2, 0.25) is 0 Å². The number of H-pyrrole nitrogens is 1. The van der Waals surface area contributed by atoms with Crippen molar-refractivity contribution in [3.8, 4) is 0 Å². The van der Waals surface area contributed by atoms with E-state index in [2.05, 4.69) is 10.1 Å². The molecule has 8 nitrogen and oxygen atoms in total. The van der Waals surface area contributed by atoms with Gasteiger partial charge in [0, 0.05) is 5.92 Å². The lowest BCUT2D eigenvalue weighted by atomic mass is 9.98. The number of ether oxygens (including phenoxy) is 2. The molecule has 1 aliphatic heterocycles. The fraction of sp³-hybridized carbons (Fsp3) is 0.412. The number of carbonyl (C=O) groups is 1. The number of nitrogens with zero attached hydrogens (tertiary/aromatic N) is 2. The molecule has 1 N–H and O–H groups in total. The molecule has 3 rings (SSSR count). The minimum Gasteiger partial charge on any atom is -0.453 e. The van der Waals surface area contributed by atoms with E-state index in [-0.39, 0.29) is 12.0 Å². The van der Waals surface area contributed by atoms with Crippen LogP contribution in [0.3, 0.4) is 0 Å². The lowest BCUT2D eigenvalue weighted by molar-refractivity contribution is -0.0581. The monoisotopic (exact) mass is 345 g/mol. The maximum atomic E-state index is 12.4. The minimum absolute atomic E-state index is 0.136. The maximum Gasteiger partial charge on any atom is 0.347 e. The van der Waals surface area contributed by atoms with E-state index >= 15 is 0 Å². The van der Waals surface area contributed by atoms with Gasteiger partial charge < -0.3 is 9.47 Å². The van der Waals surface area contributed by atoms with E-state index < -0.39 is 29.6 Å². The van der Waals surface area contributed by atoms with E-state index in [0.717, 1.165) is 10.9 Å². The van der Waals surface area contributed by atoms with E-state index in [1.54, 1.807) is 30.3 Å². The van der Waals surface area contributed by atoms with Crippen molar-refractivity contribution < 1.29 is 14.3 Å². The van der Waals surface area contributed by atoms with E-state index in [1.807, 2.05) is 13.8 Å². The number of hydrogen-bond donors (Lipinski definition) is 1. The van der Waals surface area contributed by atoms with Gasteiger partial charge >= 0.3 is 11.7 Å². The van der Waals surface area contributed by atoms with Gasteiger partial charge in [-0.2, -0.15) is 9.78 Å². The van der Waals surface area contributed by atoms with E-state index in [4.69, 9.17) is 9.47 Å². The summed E-state index contributed by atoms with van der Waals surface area (Å²) in [5.41, 5.74) is -0.894. The molecular weight excluding hydrogens is 326 g/mol. The summed E-state index contributed by atoms with van der Waals surface area (Å²) in [7, 11) is 0. The van der Waals surface area contributed by atoms with Crippen LogP contribution in [0.15, 0.2) is 46.1 Å². The second-order valence-electron chi connectivity index (χ2n) is 5.95. The number of benzene rings is 1. The average Bonchev–Trinajstić information content (AvgIpc) is 2.92. The zero-order valence-corrected chi connectivity index (χ0v) is 13.9. The number of aromatic nitrogens is 3. The second kappa shape index (κ2) is 7.02. The third-order valence-electron chi connectivity index (χ3n) is 4.33. The Morgan fingerprint density at radius 3 is 2.68 bits per heavy atom. The normalized spacial score (nSPS) is 25.7. The Hall–Kier alpha value is -2.74. The number of aromatic amines is 1. The molecule has 1 fully saturated rings. The number of rotatable bonds is 4. The smallest absolute Gasteiger partial charge is 0.347 e. The highest BCUT2D eigenvalue weighted by atomic mass is 16.6. The van der Waals surface area contributed by atoms with Crippen LogP contribution in [0.5, 0.6) is 0 Å². The number of nitrogens with one attached hydrogen (secondary N) is 1. The molecule has 1 aromatic carbocycles. The first kappa shape index (κ1) is 17.1. The standard InChI is InChI=1S/C17H19N3O5/c1-3-12-10(2)14(25-16(22)11-7-5-4-6-8-11)15(24-12)20-17(23)19-13(21)9-18-20/h4-10,12,14-15H,3H2,1-2H3,(H,19,21,23)/t10-,12+,14?,15+/m0/s1. The highest BCUT2D eigenvalue weighted by Crippen LogP contribution is 2.36. The highest BCUT2D eigenvalue weighted by Gasteiger charge is 2.45. The van der Waals surface area contributed by atoms with Crippen molar-refractivity contribution in [2.75, 3.05) is 0 Å². The largest absolute Gasteiger partial charge is 0.453 e. The van der Waals surface area contributed by atoms with E-state index in [9.17, 15) is 14.4 Å². The van der Waals surface area contributed by atoms with E-state index in [0.29, 0.717) is 12.0 Å². The summed E-state index contributed by atoms with van der Waals surface area (Å²) in [6.45, 7) is 3.84. The Labute approximate surface area is 143 Å². The molecular formula is C17H19N3O5. The molecule has 0 amide bonds. The second-order valence-corrected chi connectivity index (χ2v) is 5.95. The maximum absolute atomic E-state index is 12.4. The van der Waals surface area contributed by atoms with Gasteiger partial charge in [0.2, 0.25) is 0 Å². The van der Waals surface area contributed by atoms with Crippen LogP contribution in [0, 0.1) is 5.92 Å². The molecule has 132 valence electrons. The van der Waals surface area contributed by atoms with Crippen LogP contribution in [-0.4, -0.2) is 32.9 Å². The molecule has 0 radical (unpaired) electrons. The molecule has 2 heterocycles. The molecule has 0 saturated carbocycles. The SMILES string of the molecule is CC[C@H]1O[C@@H](n2ncc(=O)[nH]c2=O)C(OC(=O)c2ccccc2)[C@H]1C. The quantitative estimate of drug-likeness (QED) is 0.832. The topological polar surface area (TPSA) is 103 Å². The van der Waals surface area contributed by atoms with E-state index in [1.165, 1.54) is 0 Å². The van der Waals surface area contributed by atoms with Gasteiger partial charge in [-0.05, 0) is 18.6 Å². The highest BCUT2D eigenvalue weighted by molar-refractivity contribution is 5.89. The molecule has 0 spiro atoms. The summed E-state index contributed by atoms with van der Waals surface area (Å²) >= 11 is 0. The van der Waals surface area contributed by atoms with Crippen molar-refractivity contribution >= 4 is 5.97 Å². The summed E-state index contributed by atoms with van der Waals surface area (Å²) in [5, 5.41) is 3.84. The molecule has 8 heteroatoms. The fourth-order valence-corrected chi connectivity index (χ4v) is 2.99. The van der Waals surface area contributed by atoms with Crippen LogP contribution in [0.1, 0.15) is 36.9 Å². The number of carbonyl (C=O) groups excluding carboxylic acids is 1. The van der Waals surface area contributed by atoms with Crippen molar-refractivity contribution in [2.24, 2.45) is 5.92 Å². The van der Waals surface area contributed by atoms with Crippen LogP contribution in [0.4, 0.5) is 0 Å². The van der Waals surface area contributed by atoms with Gasteiger partial charge in [0.05, 0.1) is 11.7 Å². The summed E-state index contributed by atoms with van der Waals surface area (Å²) in [4.78, 5) is 37.8. The van der Waals surface area contributed by atoms with Gasteiger partial charge in [-0.1, -0.05) is 32.0 Å². The van der Waals surface area contributed by atoms with Crippen LogP contribution < -0.4 is 11.2 Å². The van der Waals surface area contributed by atoms with Crippen molar-refractivity contribution in [3.63, 3.8) is 0 Å². The Morgan fingerprint density at radius 2 is 2.04 bits per heavy atom. The van der Waals surface area contributed by atoms with Crippen molar-refractivity contribution in [3.05, 3.63) is 62.9 Å². The molecule has 0 bridgehead atoms. The zero-order valence-electron chi connectivity index (χ0n) is 13.9. The summed E-state index contributed by atoms with van der Waals surface area (Å²) in [6, 6.07) is 8.59. The molecule has 0 aliphatic carbocycles. The van der Waals surface area contributed by atoms with Crippen LogP contribution in [-0.2, 0) is 9.47 Å². The third-order valence-corrected chi connectivity index (χ3v) is 4.33. The summed E-state index contributed by atoms with van der Waals surface area (Å²) < 4.78 is 12.5.